The monoisotopic (exact) mass is 215 g/mol. The van der Waals surface area contributed by atoms with Crippen molar-refractivity contribution >= 4 is 0 Å². The number of fused-ring (bicyclic) bond motifs is 1. The van der Waals surface area contributed by atoms with Gasteiger partial charge in [-0.3, -0.25) is 0 Å². The van der Waals surface area contributed by atoms with Crippen molar-refractivity contribution in [2.75, 3.05) is 0 Å². The standard InChI is InChI=1S/C11H12F3N/c12-11(13,14)9-3-1-7-2-4-10(15)6-8(7)5-9/h1,3,5,10H,2,4,6,15H2. The molecule has 0 fully saturated rings. The fraction of sp³-hybridized carbons (Fsp3) is 0.455. The lowest BCUT2D eigenvalue weighted by atomic mass is 9.87. The van der Waals surface area contributed by atoms with E-state index >= 15 is 0 Å². The van der Waals surface area contributed by atoms with Gasteiger partial charge in [0.15, 0.2) is 0 Å². The highest BCUT2D eigenvalue weighted by molar-refractivity contribution is 5.35. The van der Waals surface area contributed by atoms with Gasteiger partial charge in [0.2, 0.25) is 0 Å². The zero-order valence-corrected chi connectivity index (χ0v) is 8.14. The van der Waals surface area contributed by atoms with Crippen molar-refractivity contribution in [1.29, 1.82) is 0 Å². The van der Waals surface area contributed by atoms with Crippen molar-refractivity contribution in [3.63, 3.8) is 0 Å². The lowest BCUT2D eigenvalue weighted by Gasteiger charge is -2.22. The van der Waals surface area contributed by atoms with Gasteiger partial charge in [0.1, 0.15) is 0 Å². The van der Waals surface area contributed by atoms with Gasteiger partial charge in [-0.15, -0.1) is 0 Å². The summed E-state index contributed by atoms with van der Waals surface area (Å²) >= 11 is 0. The summed E-state index contributed by atoms with van der Waals surface area (Å²) in [5.41, 5.74) is 6.91. The molecule has 0 radical (unpaired) electrons. The quantitative estimate of drug-likeness (QED) is 0.707. The van der Waals surface area contributed by atoms with Gasteiger partial charge in [-0.25, -0.2) is 0 Å². The lowest BCUT2D eigenvalue weighted by Crippen LogP contribution is -2.28. The normalized spacial score (nSPS) is 21.2. The average Bonchev–Trinajstić information content (AvgIpc) is 2.15. The molecule has 1 atom stereocenters. The van der Waals surface area contributed by atoms with Crippen molar-refractivity contribution < 1.29 is 13.2 Å². The number of rotatable bonds is 0. The molecule has 1 aliphatic carbocycles. The van der Waals surface area contributed by atoms with Gasteiger partial charge in [-0.05, 0) is 42.5 Å². The van der Waals surface area contributed by atoms with Gasteiger partial charge in [-0.2, -0.15) is 13.2 Å². The first-order valence-electron chi connectivity index (χ1n) is 4.91. The largest absolute Gasteiger partial charge is 0.416 e. The molecule has 0 bridgehead atoms. The summed E-state index contributed by atoms with van der Waals surface area (Å²) in [4.78, 5) is 0. The second-order valence-electron chi connectivity index (χ2n) is 3.98. The molecule has 0 saturated carbocycles. The van der Waals surface area contributed by atoms with Crippen molar-refractivity contribution in [2.45, 2.75) is 31.5 Å². The summed E-state index contributed by atoms with van der Waals surface area (Å²) in [6, 6.07) is 3.95. The van der Waals surface area contributed by atoms with E-state index in [0.717, 1.165) is 30.0 Å². The number of hydrogen-bond donors (Lipinski definition) is 1. The van der Waals surface area contributed by atoms with Crippen LogP contribution in [-0.4, -0.2) is 6.04 Å². The molecular weight excluding hydrogens is 203 g/mol. The predicted octanol–water partition coefficient (Wildman–Crippen LogP) is 2.52. The molecular formula is C11H12F3N. The number of halogens is 3. The highest BCUT2D eigenvalue weighted by Gasteiger charge is 2.31. The van der Waals surface area contributed by atoms with Crippen LogP contribution in [0.1, 0.15) is 23.1 Å². The lowest BCUT2D eigenvalue weighted by molar-refractivity contribution is -0.137. The maximum atomic E-state index is 12.4. The molecule has 15 heavy (non-hydrogen) atoms. The highest BCUT2D eigenvalue weighted by atomic mass is 19.4. The smallest absolute Gasteiger partial charge is 0.327 e. The summed E-state index contributed by atoms with van der Waals surface area (Å²) < 4.78 is 37.3. The molecule has 0 spiro atoms. The van der Waals surface area contributed by atoms with E-state index in [-0.39, 0.29) is 6.04 Å². The van der Waals surface area contributed by atoms with Crippen LogP contribution in [0, 0.1) is 0 Å². The molecule has 0 aliphatic heterocycles. The van der Waals surface area contributed by atoms with E-state index < -0.39 is 11.7 Å². The third-order valence-corrected chi connectivity index (χ3v) is 2.80. The maximum Gasteiger partial charge on any atom is 0.416 e. The number of alkyl halides is 3. The molecule has 0 heterocycles. The Kier molecular flexibility index (Phi) is 2.46. The Morgan fingerprint density at radius 2 is 1.93 bits per heavy atom. The van der Waals surface area contributed by atoms with E-state index in [4.69, 9.17) is 5.73 Å². The van der Waals surface area contributed by atoms with Gasteiger partial charge in [0, 0.05) is 6.04 Å². The molecule has 1 aromatic carbocycles. The van der Waals surface area contributed by atoms with E-state index in [1.54, 1.807) is 6.07 Å². The third kappa shape index (κ3) is 2.15. The fourth-order valence-corrected chi connectivity index (χ4v) is 1.96. The molecule has 1 nitrogen and oxygen atoms in total. The van der Waals surface area contributed by atoms with Gasteiger partial charge in [-0.1, -0.05) is 6.07 Å². The Labute approximate surface area is 86.1 Å². The van der Waals surface area contributed by atoms with Crippen LogP contribution in [0.25, 0.3) is 0 Å². The molecule has 4 heteroatoms. The van der Waals surface area contributed by atoms with E-state index in [1.807, 2.05) is 0 Å². The first-order valence-corrected chi connectivity index (χ1v) is 4.91. The molecule has 0 saturated heterocycles. The minimum atomic E-state index is -4.25. The van der Waals surface area contributed by atoms with Gasteiger partial charge in [0.05, 0.1) is 5.56 Å². The summed E-state index contributed by atoms with van der Waals surface area (Å²) in [6.45, 7) is 0. The van der Waals surface area contributed by atoms with E-state index in [9.17, 15) is 13.2 Å². The molecule has 1 unspecified atom stereocenters. The first-order chi connectivity index (χ1) is 6.97. The topological polar surface area (TPSA) is 26.0 Å². The molecule has 1 aromatic rings. The van der Waals surface area contributed by atoms with E-state index in [0.29, 0.717) is 6.42 Å². The van der Waals surface area contributed by atoms with Crippen LogP contribution in [0.5, 0.6) is 0 Å². The number of aryl methyl sites for hydroxylation is 1. The van der Waals surface area contributed by atoms with Crippen molar-refractivity contribution in [3.05, 3.63) is 34.9 Å². The average molecular weight is 215 g/mol. The summed E-state index contributed by atoms with van der Waals surface area (Å²) in [5.74, 6) is 0. The Morgan fingerprint density at radius 1 is 1.20 bits per heavy atom. The minimum Gasteiger partial charge on any atom is -0.327 e. The van der Waals surface area contributed by atoms with Crippen molar-refractivity contribution in [1.82, 2.24) is 0 Å². The van der Waals surface area contributed by atoms with Crippen LogP contribution < -0.4 is 5.73 Å². The summed E-state index contributed by atoms with van der Waals surface area (Å²) in [6.07, 6.45) is -2.05. The molecule has 2 rings (SSSR count). The molecule has 82 valence electrons. The molecule has 2 N–H and O–H groups in total. The zero-order chi connectivity index (χ0) is 11.1. The van der Waals surface area contributed by atoms with Crippen molar-refractivity contribution in [3.8, 4) is 0 Å². The van der Waals surface area contributed by atoms with Crippen LogP contribution in [0.3, 0.4) is 0 Å². The van der Waals surface area contributed by atoms with Crippen LogP contribution in [0.4, 0.5) is 13.2 Å². The van der Waals surface area contributed by atoms with E-state index in [1.165, 1.54) is 6.07 Å². The predicted molar refractivity (Wildman–Crippen MR) is 51.4 cm³/mol. The van der Waals surface area contributed by atoms with Gasteiger partial charge >= 0.3 is 6.18 Å². The maximum absolute atomic E-state index is 12.4. The summed E-state index contributed by atoms with van der Waals surface area (Å²) in [5, 5.41) is 0. The molecule has 1 aliphatic rings. The highest BCUT2D eigenvalue weighted by Crippen LogP contribution is 2.32. The molecule has 0 amide bonds. The van der Waals surface area contributed by atoms with Crippen LogP contribution in [0.15, 0.2) is 18.2 Å². The summed E-state index contributed by atoms with van der Waals surface area (Å²) in [7, 11) is 0. The number of benzene rings is 1. The number of hydrogen-bond acceptors (Lipinski definition) is 1. The second-order valence-corrected chi connectivity index (χ2v) is 3.98. The van der Waals surface area contributed by atoms with E-state index in [2.05, 4.69) is 0 Å². The van der Waals surface area contributed by atoms with Crippen LogP contribution in [-0.2, 0) is 19.0 Å². The fourth-order valence-electron chi connectivity index (χ4n) is 1.96. The first kappa shape index (κ1) is 10.5. The Morgan fingerprint density at radius 3 is 2.60 bits per heavy atom. The Hall–Kier alpha value is -1.03. The zero-order valence-electron chi connectivity index (χ0n) is 8.14. The van der Waals surface area contributed by atoms with Crippen LogP contribution >= 0.6 is 0 Å². The van der Waals surface area contributed by atoms with Crippen molar-refractivity contribution in [2.24, 2.45) is 5.73 Å². The Balaban J connectivity index is 2.37. The second kappa shape index (κ2) is 3.52. The Bertz CT molecular complexity index is 371. The van der Waals surface area contributed by atoms with Gasteiger partial charge in [0.25, 0.3) is 0 Å². The number of nitrogens with two attached hydrogens (primary N) is 1. The molecule has 0 aromatic heterocycles. The third-order valence-electron chi connectivity index (χ3n) is 2.80. The van der Waals surface area contributed by atoms with Crippen LogP contribution in [0.2, 0.25) is 0 Å². The van der Waals surface area contributed by atoms with Gasteiger partial charge < -0.3 is 5.73 Å². The minimum absolute atomic E-state index is 0.000911. The SMILES string of the molecule is NC1CCc2ccc(C(F)(F)F)cc2C1.